The van der Waals surface area contributed by atoms with E-state index in [1.54, 1.807) is 39.2 Å². The van der Waals surface area contributed by atoms with Crippen LogP contribution in [0.4, 0.5) is 14.6 Å². The molecule has 0 radical (unpaired) electrons. The number of carbonyl (C=O) groups excluding carboxylic acids is 1. The van der Waals surface area contributed by atoms with Crippen LogP contribution in [0.15, 0.2) is 40.1 Å². The first-order valence-electron chi connectivity index (χ1n) is 14.0. The number of nitrogens with two attached hydrogens (primary N) is 1. The minimum absolute atomic E-state index is 0.0145. The average Bonchev–Trinajstić information content (AvgIpc) is 3.13. The van der Waals surface area contributed by atoms with E-state index >= 15 is 8.78 Å². The Hall–Kier alpha value is -4.03. The topological polar surface area (TPSA) is 114 Å². The van der Waals surface area contributed by atoms with Gasteiger partial charge < -0.3 is 19.9 Å². The summed E-state index contributed by atoms with van der Waals surface area (Å²) in [5.74, 6) is -0.654. The van der Waals surface area contributed by atoms with Crippen LogP contribution in [0.1, 0.15) is 53.7 Å². The van der Waals surface area contributed by atoms with Crippen molar-refractivity contribution in [3.05, 3.63) is 58.6 Å². The molecule has 0 bridgehead atoms. The lowest BCUT2D eigenvalue weighted by molar-refractivity contribution is 0.0758. The van der Waals surface area contributed by atoms with Crippen molar-refractivity contribution >= 4 is 41.0 Å². The molecule has 1 aliphatic heterocycles. The summed E-state index contributed by atoms with van der Waals surface area (Å²) in [6.45, 7) is 11.9. The van der Waals surface area contributed by atoms with Gasteiger partial charge in [-0.05, 0) is 64.9 Å². The number of hydrogen-bond donors (Lipinski definition) is 1. The van der Waals surface area contributed by atoms with Crippen LogP contribution in [0.3, 0.4) is 0 Å². The lowest BCUT2D eigenvalue weighted by atomic mass is 10.1. The number of carbonyl (C=O) groups is 1. The maximum Gasteiger partial charge on any atom is 0.255 e. The average molecular weight is 581 g/mol. The van der Waals surface area contributed by atoms with Crippen LogP contribution >= 0.6 is 0 Å². The molecule has 0 spiro atoms. The smallest absolute Gasteiger partial charge is 0.255 e. The fourth-order valence-corrected chi connectivity index (χ4v) is 5.22. The third kappa shape index (κ3) is 6.88. The highest BCUT2D eigenvalue weighted by Gasteiger charge is 2.22. The molecule has 0 aliphatic carbocycles. The number of pyridine rings is 1. The first kappa shape index (κ1) is 30.9. The second-order valence-corrected chi connectivity index (χ2v) is 10.5. The van der Waals surface area contributed by atoms with Gasteiger partial charge in [0.05, 0.1) is 35.9 Å². The number of ether oxygens (including phenoxy) is 1. The Kier molecular flexibility index (Phi) is 10.1. The van der Waals surface area contributed by atoms with E-state index in [4.69, 9.17) is 10.5 Å². The van der Waals surface area contributed by atoms with E-state index in [1.165, 1.54) is 6.07 Å². The molecule has 0 unspecified atom stereocenters. The zero-order chi connectivity index (χ0) is 30.4. The van der Waals surface area contributed by atoms with Crippen LogP contribution < -0.4 is 5.73 Å². The van der Waals surface area contributed by atoms with Gasteiger partial charge in [-0.25, -0.2) is 28.7 Å². The van der Waals surface area contributed by atoms with Crippen LogP contribution in [0.2, 0.25) is 0 Å². The molecule has 3 aromatic rings. The predicted molar refractivity (Wildman–Crippen MR) is 161 cm³/mol. The summed E-state index contributed by atoms with van der Waals surface area (Å²) in [6.07, 6.45) is 2.78. The van der Waals surface area contributed by atoms with E-state index in [1.807, 2.05) is 23.3 Å². The Labute approximate surface area is 244 Å². The lowest BCUT2D eigenvalue weighted by Gasteiger charge is -2.22. The van der Waals surface area contributed by atoms with E-state index in [-0.39, 0.29) is 34.5 Å². The van der Waals surface area contributed by atoms with Crippen molar-refractivity contribution in [2.45, 2.75) is 40.2 Å². The molecule has 1 amide bonds. The second-order valence-electron chi connectivity index (χ2n) is 10.5. The van der Waals surface area contributed by atoms with E-state index in [9.17, 15) is 4.79 Å². The number of aryl methyl sites for hydroxylation is 2. The quantitative estimate of drug-likeness (QED) is 0.293. The van der Waals surface area contributed by atoms with Gasteiger partial charge in [0.15, 0.2) is 17.5 Å². The Morgan fingerprint density at radius 1 is 1.17 bits per heavy atom. The summed E-state index contributed by atoms with van der Waals surface area (Å²) >= 11 is 0. The van der Waals surface area contributed by atoms with E-state index in [2.05, 4.69) is 24.9 Å². The van der Waals surface area contributed by atoms with Gasteiger partial charge in [-0.1, -0.05) is 0 Å². The summed E-state index contributed by atoms with van der Waals surface area (Å²) < 4.78 is 37.5. The molecule has 2 aromatic heterocycles. The minimum Gasteiger partial charge on any atom is -0.390 e. The molecule has 224 valence electrons. The molecular weight excluding hydrogens is 542 g/mol. The molecular formula is C30H38F2N8O2. The standard InChI is InChI=1S/C30H38F2N8O2/c1-19(2)40-21(4)37-29-24(31)15-22(16-26(29)40)28(35-18-33)25(32)17-34-27-8-7-23(20(3)36-27)30(41)39-10-6-9-38(11-12-39)13-14-42-5/h7-8,15-19H,6,9-14H2,1-5H3,(H2,33,35)/b28-25+,34-17?. The van der Waals surface area contributed by atoms with Crippen molar-refractivity contribution in [3.63, 3.8) is 0 Å². The normalized spacial score (nSPS) is 15.8. The van der Waals surface area contributed by atoms with Gasteiger partial charge in [-0.2, -0.15) is 0 Å². The molecule has 1 aromatic carbocycles. The van der Waals surface area contributed by atoms with Crippen LogP contribution in [-0.4, -0.2) is 89.2 Å². The fourth-order valence-electron chi connectivity index (χ4n) is 5.22. The van der Waals surface area contributed by atoms with Gasteiger partial charge in [-0.3, -0.25) is 9.69 Å². The maximum absolute atomic E-state index is 15.4. The predicted octanol–water partition coefficient (Wildman–Crippen LogP) is 4.59. The SMILES string of the molecule is COCCN1CCCN(C(=O)c2ccc(N=C/C(F)=C(\N=CN)c3cc(F)c4nc(C)n(C(C)C)c4c3)nc2C)CC1. The van der Waals surface area contributed by atoms with Crippen molar-refractivity contribution in [1.29, 1.82) is 0 Å². The van der Waals surface area contributed by atoms with Gasteiger partial charge in [-0.15, -0.1) is 0 Å². The highest BCUT2D eigenvalue weighted by molar-refractivity contribution is 5.96. The zero-order valence-corrected chi connectivity index (χ0v) is 24.8. The third-order valence-electron chi connectivity index (χ3n) is 7.24. The number of aromatic nitrogens is 3. The summed E-state index contributed by atoms with van der Waals surface area (Å²) in [5.41, 5.74) is 7.21. The monoisotopic (exact) mass is 580 g/mol. The lowest BCUT2D eigenvalue weighted by Crippen LogP contribution is -2.36. The van der Waals surface area contributed by atoms with Crippen molar-refractivity contribution in [2.24, 2.45) is 15.7 Å². The number of allylic oxidation sites excluding steroid dienone is 1. The van der Waals surface area contributed by atoms with Crippen LogP contribution in [0, 0.1) is 19.7 Å². The summed E-state index contributed by atoms with van der Waals surface area (Å²) in [5, 5.41) is 0. The van der Waals surface area contributed by atoms with Gasteiger partial charge in [0, 0.05) is 44.9 Å². The maximum atomic E-state index is 15.4. The zero-order valence-electron chi connectivity index (χ0n) is 24.8. The number of hydrogen-bond acceptors (Lipinski definition) is 7. The molecule has 12 heteroatoms. The van der Waals surface area contributed by atoms with Crippen molar-refractivity contribution in [2.75, 3.05) is 46.4 Å². The van der Waals surface area contributed by atoms with Crippen LogP contribution in [0.5, 0.6) is 0 Å². The van der Waals surface area contributed by atoms with Crippen molar-refractivity contribution in [3.8, 4) is 0 Å². The van der Waals surface area contributed by atoms with E-state index in [0.717, 1.165) is 38.6 Å². The fraction of sp³-hybridized carbons (Fsp3) is 0.433. The third-order valence-corrected chi connectivity index (χ3v) is 7.24. The molecule has 1 fully saturated rings. The minimum atomic E-state index is -0.829. The number of methoxy groups -OCH3 is 1. The molecule has 4 rings (SSSR count). The number of rotatable bonds is 9. The van der Waals surface area contributed by atoms with E-state index in [0.29, 0.717) is 42.3 Å². The Morgan fingerprint density at radius 3 is 2.64 bits per heavy atom. The van der Waals surface area contributed by atoms with Gasteiger partial charge >= 0.3 is 0 Å². The number of nitrogens with zero attached hydrogens (tertiary/aromatic N) is 7. The number of amides is 1. The van der Waals surface area contributed by atoms with Gasteiger partial charge in [0.1, 0.15) is 17.0 Å². The molecule has 0 atom stereocenters. The van der Waals surface area contributed by atoms with Crippen molar-refractivity contribution < 1.29 is 18.3 Å². The van der Waals surface area contributed by atoms with Crippen LogP contribution in [-0.2, 0) is 4.74 Å². The number of halogens is 2. The molecule has 1 saturated heterocycles. The number of benzene rings is 1. The molecule has 2 N–H and O–H groups in total. The molecule has 0 saturated carbocycles. The molecule has 3 heterocycles. The first-order chi connectivity index (χ1) is 20.1. The Bertz CT molecular complexity index is 1530. The number of fused-ring (bicyclic) bond motifs is 1. The van der Waals surface area contributed by atoms with Gasteiger partial charge in [0.25, 0.3) is 5.91 Å². The summed E-state index contributed by atoms with van der Waals surface area (Å²) in [4.78, 5) is 34.2. The van der Waals surface area contributed by atoms with Crippen LogP contribution in [0.25, 0.3) is 16.7 Å². The molecule has 1 aliphatic rings. The van der Waals surface area contributed by atoms with E-state index < -0.39 is 11.6 Å². The summed E-state index contributed by atoms with van der Waals surface area (Å²) in [7, 11) is 1.68. The summed E-state index contributed by atoms with van der Waals surface area (Å²) in [6, 6.07) is 6.05. The Morgan fingerprint density at radius 2 is 1.95 bits per heavy atom. The number of imidazole rings is 1. The second kappa shape index (κ2) is 13.8. The molecule has 10 nitrogen and oxygen atoms in total. The highest BCUT2D eigenvalue weighted by atomic mass is 19.1. The first-order valence-corrected chi connectivity index (χ1v) is 14.0. The molecule has 42 heavy (non-hydrogen) atoms. The van der Waals surface area contributed by atoms with Gasteiger partial charge in [0.2, 0.25) is 0 Å². The van der Waals surface area contributed by atoms with Crippen molar-refractivity contribution in [1.82, 2.24) is 24.3 Å². The Balaban J connectivity index is 1.57. The highest BCUT2D eigenvalue weighted by Crippen LogP contribution is 2.29. The largest absolute Gasteiger partial charge is 0.390 e. The number of aliphatic imine (C=N–C) groups is 2.